The summed E-state index contributed by atoms with van der Waals surface area (Å²) >= 11 is 0. The smallest absolute Gasteiger partial charge is 0.122 e. The Kier molecular flexibility index (Phi) is 1.53. The van der Waals surface area contributed by atoms with E-state index in [1.165, 1.54) is 0 Å². The van der Waals surface area contributed by atoms with Crippen LogP contribution in [0.2, 0.25) is 0 Å². The molecule has 0 fully saturated rings. The third kappa shape index (κ3) is 1.32. The van der Waals surface area contributed by atoms with Gasteiger partial charge in [0.05, 0.1) is 0 Å². The SMILES string of the molecule is N=C(N)C1=CCNC=C1. The van der Waals surface area contributed by atoms with E-state index < -0.39 is 0 Å². The van der Waals surface area contributed by atoms with Crippen LogP contribution in [0.4, 0.5) is 0 Å². The fourth-order valence-electron chi connectivity index (χ4n) is 0.653. The van der Waals surface area contributed by atoms with Crippen LogP contribution in [-0.4, -0.2) is 12.4 Å². The highest BCUT2D eigenvalue weighted by Crippen LogP contribution is 1.97. The highest BCUT2D eigenvalue weighted by molar-refractivity contribution is 5.97. The Balaban J connectivity index is 2.69. The van der Waals surface area contributed by atoms with Gasteiger partial charge in [0.15, 0.2) is 0 Å². The Labute approximate surface area is 53.8 Å². The summed E-state index contributed by atoms with van der Waals surface area (Å²) in [6.07, 6.45) is 5.45. The molecule has 4 N–H and O–H groups in total. The second-order valence-electron chi connectivity index (χ2n) is 1.81. The third-order valence-corrected chi connectivity index (χ3v) is 1.13. The van der Waals surface area contributed by atoms with Crippen LogP contribution in [0, 0.1) is 5.41 Å². The minimum atomic E-state index is 0.132. The van der Waals surface area contributed by atoms with E-state index in [9.17, 15) is 0 Å². The van der Waals surface area contributed by atoms with Gasteiger partial charge in [0.25, 0.3) is 0 Å². The van der Waals surface area contributed by atoms with Crippen molar-refractivity contribution in [1.29, 1.82) is 5.41 Å². The van der Waals surface area contributed by atoms with E-state index in [0.29, 0.717) is 0 Å². The van der Waals surface area contributed by atoms with E-state index in [0.717, 1.165) is 12.1 Å². The maximum absolute atomic E-state index is 7.02. The summed E-state index contributed by atoms with van der Waals surface area (Å²) < 4.78 is 0. The van der Waals surface area contributed by atoms with Gasteiger partial charge in [-0.15, -0.1) is 0 Å². The molecule has 9 heavy (non-hydrogen) atoms. The number of nitrogens with one attached hydrogen (secondary N) is 2. The zero-order valence-electron chi connectivity index (χ0n) is 5.02. The second-order valence-corrected chi connectivity index (χ2v) is 1.81. The fraction of sp³-hybridized carbons (Fsp3) is 0.167. The molecule has 0 amide bonds. The van der Waals surface area contributed by atoms with Gasteiger partial charge in [0, 0.05) is 12.1 Å². The van der Waals surface area contributed by atoms with Crippen LogP contribution in [0.5, 0.6) is 0 Å². The molecule has 0 bridgehead atoms. The van der Waals surface area contributed by atoms with E-state index in [4.69, 9.17) is 11.1 Å². The zero-order chi connectivity index (χ0) is 6.69. The first-order valence-corrected chi connectivity index (χ1v) is 2.75. The first-order chi connectivity index (χ1) is 4.30. The van der Waals surface area contributed by atoms with Crippen molar-refractivity contribution < 1.29 is 0 Å². The molecule has 0 aromatic heterocycles. The number of dihydropyridines is 1. The number of rotatable bonds is 1. The fourth-order valence-corrected chi connectivity index (χ4v) is 0.653. The molecule has 0 atom stereocenters. The number of hydrogen-bond acceptors (Lipinski definition) is 2. The summed E-state index contributed by atoms with van der Waals surface area (Å²) in [5.74, 6) is 0.132. The van der Waals surface area contributed by atoms with Crippen molar-refractivity contribution in [3.8, 4) is 0 Å². The monoisotopic (exact) mass is 123 g/mol. The topological polar surface area (TPSA) is 61.9 Å². The van der Waals surface area contributed by atoms with E-state index in [2.05, 4.69) is 5.32 Å². The van der Waals surface area contributed by atoms with E-state index in [-0.39, 0.29) is 5.84 Å². The minimum Gasteiger partial charge on any atom is -0.387 e. The maximum atomic E-state index is 7.02. The van der Waals surface area contributed by atoms with Crippen molar-refractivity contribution in [2.75, 3.05) is 6.54 Å². The normalized spacial score (nSPS) is 16.2. The summed E-state index contributed by atoms with van der Waals surface area (Å²) in [4.78, 5) is 0. The molecule has 1 heterocycles. The number of amidine groups is 1. The molecular weight excluding hydrogens is 114 g/mol. The quantitative estimate of drug-likeness (QED) is 0.338. The Hall–Kier alpha value is -1.25. The second kappa shape index (κ2) is 2.35. The molecule has 1 aliphatic heterocycles. The van der Waals surface area contributed by atoms with E-state index in [1.807, 2.05) is 6.08 Å². The molecule has 48 valence electrons. The van der Waals surface area contributed by atoms with Crippen molar-refractivity contribution >= 4 is 5.84 Å². The van der Waals surface area contributed by atoms with Crippen LogP contribution in [-0.2, 0) is 0 Å². The van der Waals surface area contributed by atoms with E-state index >= 15 is 0 Å². The van der Waals surface area contributed by atoms with Gasteiger partial charge >= 0.3 is 0 Å². The Morgan fingerprint density at radius 1 is 1.78 bits per heavy atom. The van der Waals surface area contributed by atoms with Crippen molar-refractivity contribution in [3.05, 3.63) is 23.9 Å². The van der Waals surface area contributed by atoms with Gasteiger partial charge in [0.1, 0.15) is 5.84 Å². The molecule has 1 aliphatic rings. The highest BCUT2D eigenvalue weighted by atomic mass is 14.8. The lowest BCUT2D eigenvalue weighted by Crippen LogP contribution is -2.17. The number of nitrogens with two attached hydrogens (primary N) is 1. The van der Waals surface area contributed by atoms with Crippen molar-refractivity contribution in [2.45, 2.75) is 0 Å². The molecule has 0 radical (unpaired) electrons. The lowest BCUT2D eigenvalue weighted by molar-refractivity contribution is 0.965. The van der Waals surface area contributed by atoms with Crippen LogP contribution in [0.15, 0.2) is 23.9 Å². The molecule has 0 aromatic carbocycles. The van der Waals surface area contributed by atoms with Gasteiger partial charge in [-0.3, -0.25) is 5.41 Å². The largest absolute Gasteiger partial charge is 0.387 e. The lowest BCUT2D eigenvalue weighted by atomic mass is 10.2. The molecule has 0 aromatic rings. The molecule has 0 spiro atoms. The summed E-state index contributed by atoms with van der Waals surface area (Å²) in [6.45, 7) is 0.769. The standard InChI is InChI=1S/C6H9N3/c7-6(8)5-1-3-9-4-2-5/h1-3,9H,4H2,(H3,7,8). The summed E-state index contributed by atoms with van der Waals surface area (Å²) in [5.41, 5.74) is 6.00. The maximum Gasteiger partial charge on any atom is 0.122 e. The van der Waals surface area contributed by atoms with Gasteiger partial charge < -0.3 is 11.1 Å². The summed E-state index contributed by atoms with van der Waals surface area (Å²) in [5, 5.41) is 9.98. The van der Waals surface area contributed by atoms with Crippen molar-refractivity contribution in [3.63, 3.8) is 0 Å². The third-order valence-electron chi connectivity index (χ3n) is 1.13. The zero-order valence-corrected chi connectivity index (χ0v) is 5.02. The van der Waals surface area contributed by atoms with Crippen LogP contribution >= 0.6 is 0 Å². The molecule has 0 aliphatic carbocycles. The van der Waals surface area contributed by atoms with Gasteiger partial charge in [-0.2, -0.15) is 0 Å². The van der Waals surface area contributed by atoms with Gasteiger partial charge in [-0.25, -0.2) is 0 Å². The molecule has 3 heteroatoms. The van der Waals surface area contributed by atoms with E-state index in [1.54, 1.807) is 12.3 Å². The molecule has 1 rings (SSSR count). The first-order valence-electron chi connectivity index (χ1n) is 2.75. The average Bonchev–Trinajstić information content (AvgIpc) is 1.90. The van der Waals surface area contributed by atoms with Gasteiger partial charge in [-0.05, 0) is 12.3 Å². The lowest BCUT2D eigenvalue weighted by Gasteiger charge is -2.04. The summed E-state index contributed by atoms with van der Waals surface area (Å²) in [7, 11) is 0. The van der Waals surface area contributed by atoms with Gasteiger partial charge in [0.2, 0.25) is 0 Å². The molecule has 0 saturated carbocycles. The Morgan fingerprint density at radius 3 is 2.89 bits per heavy atom. The number of hydrogen-bond donors (Lipinski definition) is 3. The van der Waals surface area contributed by atoms with Crippen LogP contribution in [0.25, 0.3) is 0 Å². The average molecular weight is 123 g/mol. The minimum absolute atomic E-state index is 0.132. The highest BCUT2D eigenvalue weighted by Gasteiger charge is 1.96. The molecule has 0 unspecified atom stereocenters. The van der Waals surface area contributed by atoms with Crippen LogP contribution in [0.3, 0.4) is 0 Å². The summed E-state index contributed by atoms with van der Waals surface area (Å²) in [6, 6.07) is 0. The van der Waals surface area contributed by atoms with Crippen molar-refractivity contribution in [1.82, 2.24) is 5.32 Å². The van der Waals surface area contributed by atoms with Gasteiger partial charge in [-0.1, -0.05) is 6.08 Å². The molecular formula is C6H9N3. The Morgan fingerprint density at radius 2 is 2.56 bits per heavy atom. The molecule has 3 nitrogen and oxygen atoms in total. The first kappa shape index (κ1) is 5.88. The van der Waals surface area contributed by atoms with Crippen LogP contribution in [0.1, 0.15) is 0 Å². The van der Waals surface area contributed by atoms with Crippen molar-refractivity contribution in [2.24, 2.45) is 5.73 Å². The predicted octanol–water partition coefficient (Wildman–Crippen LogP) is -0.0343. The Bertz CT molecular complexity index is 179. The van der Waals surface area contributed by atoms with Crippen LogP contribution < -0.4 is 11.1 Å². The molecule has 0 saturated heterocycles. The predicted molar refractivity (Wildman–Crippen MR) is 37.1 cm³/mol.